The Morgan fingerprint density at radius 2 is 1.91 bits per heavy atom. The molecule has 1 amide bonds. The molecule has 0 saturated carbocycles. The first-order valence-electron chi connectivity index (χ1n) is 7.10. The molecule has 1 atom stereocenters. The third-order valence-corrected chi connectivity index (χ3v) is 3.51. The lowest BCUT2D eigenvalue weighted by Gasteiger charge is -2.13. The molecule has 122 valence electrons. The first-order valence-corrected chi connectivity index (χ1v) is 7.89. The van der Waals surface area contributed by atoms with Gasteiger partial charge in [0.25, 0.3) is 0 Å². The smallest absolute Gasteiger partial charge is 0.328 e. The fourth-order valence-corrected chi connectivity index (χ4v) is 2.40. The lowest BCUT2D eigenvalue weighted by Crippen LogP contribution is -2.38. The van der Waals surface area contributed by atoms with Crippen molar-refractivity contribution in [3.05, 3.63) is 70.2 Å². The maximum absolute atomic E-state index is 11.3. The van der Waals surface area contributed by atoms with Crippen LogP contribution in [0.3, 0.4) is 0 Å². The average molecular weight is 378 g/mol. The van der Waals surface area contributed by atoms with Crippen LogP contribution in [0.15, 0.2) is 59.1 Å². The number of hydrogen-bond donors (Lipinski definition) is 1. The lowest BCUT2D eigenvalue weighted by molar-refractivity contribution is -0.144. The quantitative estimate of drug-likeness (QED) is 0.642. The SMILES string of the molecule is COC(=O)[C@H](Cc1ccccc1)NC=O.Cc1cccc(Br)c1. The van der Waals surface area contributed by atoms with Crippen molar-refractivity contribution < 1.29 is 14.3 Å². The summed E-state index contributed by atoms with van der Waals surface area (Å²) in [5.41, 5.74) is 2.27. The van der Waals surface area contributed by atoms with Gasteiger partial charge in [-0.3, -0.25) is 4.79 Å². The fourth-order valence-electron chi connectivity index (χ4n) is 1.89. The Bertz CT molecular complexity index is 599. The van der Waals surface area contributed by atoms with Crippen molar-refractivity contribution in [1.82, 2.24) is 5.32 Å². The minimum atomic E-state index is -0.616. The highest BCUT2D eigenvalue weighted by Gasteiger charge is 2.18. The molecule has 0 saturated heterocycles. The van der Waals surface area contributed by atoms with Crippen LogP contribution < -0.4 is 5.32 Å². The Balaban J connectivity index is 0.000000277. The van der Waals surface area contributed by atoms with E-state index in [1.165, 1.54) is 12.7 Å². The van der Waals surface area contributed by atoms with Gasteiger partial charge in [-0.2, -0.15) is 0 Å². The number of carbonyl (C=O) groups excluding carboxylic acids is 2. The van der Waals surface area contributed by atoms with E-state index in [9.17, 15) is 9.59 Å². The Kier molecular flexibility index (Phi) is 8.68. The van der Waals surface area contributed by atoms with Gasteiger partial charge in [0.2, 0.25) is 6.41 Å². The van der Waals surface area contributed by atoms with Gasteiger partial charge in [0, 0.05) is 10.9 Å². The zero-order chi connectivity index (χ0) is 17.1. The number of aryl methyl sites for hydroxylation is 1. The third-order valence-electron chi connectivity index (χ3n) is 3.02. The van der Waals surface area contributed by atoms with Gasteiger partial charge in [-0.15, -0.1) is 0 Å². The molecule has 0 heterocycles. The van der Waals surface area contributed by atoms with Crippen molar-refractivity contribution in [2.75, 3.05) is 7.11 Å². The maximum atomic E-state index is 11.3. The average Bonchev–Trinajstić information content (AvgIpc) is 2.55. The molecular weight excluding hydrogens is 358 g/mol. The summed E-state index contributed by atoms with van der Waals surface area (Å²) in [5.74, 6) is -0.439. The van der Waals surface area contributed by atoms with E-state index in [1.807, 2.05) is 42.5 Å². The second kappa shape index (κ2) is 10.6. The Morgan fingerprint density at radius 3 is 2.39 bits per heavy atom. The third kappa shape index (κ3) is 7.61. The minimum Gasteiger partial charge on any atom is -0.467 e. The second-order valence-electron chi connectivity index (χ2n) is 4.85. The molecule has 0 fully saturated rings. The van der Waals surface area contributed by atoms with Gasteiger partial charge >= 0.3 is 5.97 Å². The molecule has 2 aromatic carbocycles. The number of benzene rings is 2. The number of halogens is 1. The highest BCUT2D eigenvalue weighted by Crippen LogP contribution is 2.09. The monoisotopic (exact) mass is 377 g/mol. The molecule has 2 aromatic rings. The zero-order valence-electron chi connectivity index (χ0n) is 13.2. The molecule has 0 unspecified atom stereocenters. The minimum absolute atomic E-state index is 0.437. The van der Waals surface area contributed by atoms with Crippen molar-refractivity contribution in [3.8, 4) is 0 Å². The summed E-state index contributed by atoms with van der Waals surface area (Å²) in [6.45, 7) is 2.07. The Hall–Kier alpha value is -2.14. The predicted octanol–water partition coefficient (Wildman–Crippen LogP) is 3.27. The van der Waals surface area contributed by atoms with Gasteiger partial charge in [0.05, 0.1) is 7.11 Å². The number of amides is 1. The van der Waals surface area contributed by atoms with Gasteiger partial charge in [-0.25, -0.2) is 4.79 Å². The number of hydrogen-bond acceptors (Lipinski definition) is 3. The van der Waals surface area contributed by atoms with Gasteiger partial charge in [0.1, 0.15) is 6.04 Å². The van der Waals surface area contributed by atoms with Crippen LogP contribution in [0.1, 0.15) is 11.1 Å². The lowest BCUT2D eigenvalue weighted by atomic mass is 10.1. The van der Waals surface area contributed by atoms with Crippen LogP contribution in [0, 0.1) is 6.92 Å². The van der Waals surface area contributed by atoms with E-state index >= 15 is 0 Å². The Morgan fingerprint density at radius 1 is 1.22 bits per heavy atom. The molecule has 1 N–H and O–H groups in total. The van der Waals surface area contributed by atoms with Gasteiger partial charge in [-0.05, 0) is 24.6 Å². The van der Waals surface area contributed by atoms with E-state index in [2.05, 4.69) is 45.0 Å². The Labute approximate surface area is 145 Å². The standard InChI is InChI=1S/C11H13NO3.C7H7Br/c1-15-11(14)10(12-8-13)7-9-5-3-2-4-6-9;1-6-3-2-4-7(8)5-6/h2-6,8,10H,7H2,1H3,(H,12,13);2-5H,1H3/t10-;/m0./s1. The van der Waals surface area contributed by atoms with Gasteiger partial charge in [-0.1, -0.05) is 64.0 Å². The predicted molar refractivity (Wildman–Crippen MR) is 94.0 cm³/mol. The number of ether oxygens (including phenoxy) is 1. The highest BCUT2D eigenvalue weighted by atomic mass is 79.9. The van der Waals surface area contributed by atoms with Crippen LogP contribution in [-0.2, 0) is 20.7 Å². The molecular formula is C18H20BrNO3. The van der Waals surface area contributed by atoms with Crippen molar-refractivity contribution in [1.29, 1.82) is 0 Å². The topological polar surface area (TPSA) is 55.4 Å². The van der Waals surface area contributed by atoms with Crippen molar-refractivity contribution in [2.24, 2.45) is 0 Å². The summed E-state index contributed by atoms with van der Waals surface area (Å²) >= 11 is 3.36. The first kappa shape index (κ1) is 18.9. The molecule has 0 bridgehead atoms. The summed E-state index contributed by atoms with van der Waals surface area (Å²) in [5, 5.41) is 2.43. The van der Waals surface area contributed by atoms with Crippen LogP contribution >= 0.6 is 15.9 Å². The number of nitrogens with one attached hydrogen (secondary N) is 1. The summed E-state index contributed by atoms with van der Waals surface area (Å²) in [7, 11) is 1.30. The molecule has 23 heavy (non-hydrogen) atoms. The molecule has 0 aliphatic heterocycles. The molecule has 0 aliphatic carbocycles. The van der Waals surface area contributed by atoms with E-state index in [0.717, 1.165) is 10.0 Å². The summed E-state index contributed by atoms with van der Waals surface area (Å²) in [6.07, 6.45) is 0.941. The van der Waals surface area contributed by atoms with Crippen LogP contribution in [-0.4, -0.2) is 25.5 Å². The van der Waals surface area contributed by atoms with E-state index in [1.54, 1.807) is 0 Å². The van der Waals surface area contributed by atoms with Gasteiger partial charge in [0.15, 0.2) is 0 Å². The van der Waals surface area contributed by atoms with Crippen molar-refractivity contribution in [3.63, 3.8) is 0 Å². The van der Waals surface area contributed by atoms with Crippen LogP contribution in [0.4, 0.5) is 0 Å². The molecule has 0 aromatic heterocycles. The molecule has 4 nitrogen and oxygen atoms in total. The molecule has 2 rings (SSSR count). The van der Waals surface area contributed by atoms with E-state index in [0.29, 0.717) is 12.8 Å². The number of esters is 1. The fraction of sp³-hybridized carbons (Fsp3) is 0.222. The van der Waals surface area contributed by atoms with Gasteiger partial charge < -0.3 is 10.1 Å². The van der Waals surface area contributed by atoms with Crippen LogP contribution in [0.5, 0.6) is 0 Å². The first-order chi connectivity index (χ1) is 11.1. The number of methoxy groups -OCH3 is 1. The largest absolute Gasteiger partial charge is 0.467 e. The molecule has 0 aliphatic rings. The summed E-state index contributed by atoms with van der Waals surface area (Å²) < 4.78 is 5.73. The highest BCUT2D eigenvalue weighted by molar-refractivity contribution is 9.10. The molecule has 5 heteroatoms. The molecule has 0 spiro atoms. The number of rotatable bonds is 5. The zero-order valence-corrected chi connectivity index (χ0v) is 14.7. The maximum Gasteiger partial charge on any atom is 0.328 e. The summed E-state index contributed by atoms with van der Waals surface area (Å²) in [6, 6.07) is 17.0. The van der Waals surface area contributed by atoms with Crippen molar-refractivity contribution >= 4 is 28.3 Å². The molecule has 0 radical (unpaired) electrons. The van der Waals surface area contributed by atoms with E-state index < -0.39 is 12.0 Å². The number of carbonyl (C=O) groups is 2. The van der Waals surface area contributed by atoms with Crippen LogP contribution in [0.2, 0.25) is 0 Å². The van der Waals surface area contributed by atoms with Crippen molar-refractivity contribution in [2.45, 2.75) is 19.4 Å². The van der Waals surface area contributed by atoms with E-state index in [-0.39, 0.29) is 0 Å². The summed E-state index contributed by atoms with van der Waals surface area (Å²) in [4.78, 5) is 21.6. The van der Waals surface area contributed by atoms with Crippen LogP contribution in [0.25, 0.3) is 0 Å². The van der Waals surface area contributed by atoms with E-state index in [4.69, 9.17) is 0 Å². The normalized spacial score (nSPS) is 10.7. The second-order valence-corrected chi connectivity index (χ2v) is 5.76.